The van der Waals surface area contributed by atoms with E-state index in [-0.39, 0.29) is 5.82 Å². The number of hydrogen-bond acceptors (Lipinski definition) is 4. The molecule has 25 heavy (non-hydrogen) atoms. The minimum atomic E-state index is -1.82. The molecule has 0 spiro atoms. The van der Waals surface area contributed by atoms with Gasteiger partial charge in [-0.2, -0.15) is 0 Å². The van der Waals surface area contributed by atoms with Crippen molar-refractivity contribution < 1.29 is 24.2 Å². The molecule has 7 heteroatoms. The average Bonchev–Trinajstić information content (AvgIpc) is 3.13. The van der Waals surface area contributed by atoms with E-state index >= 15 is 0 Å². The molecular formula is C18H25FN2O4. The van der Waals surface area contributed by atoms with E-state index < -0.39 is 11.9 Å². The molecule has 0 bridgehead atoms. The lowest BCUT2D eigenvalue weighted by Crippen LogP contribution is -2.49. The third-order valence-corrected chi connectivity index (χ3v) is 4.75. The van der Waals surface area contributed by atoms with E-state index in [1.165, 1.54) is 44.3 Å². The molecule has 0 amide bonds. The standard InChI is InChI=1S/C16H23FN2.C2H2O4/c17-15-7-5-14(6-8-15)13-18-9-11-19(12-10-18)16-3-1-2-4-16;3-1(4)2(5)6/h5-8,16H,1-4,9-13H2;(H,3,4)(H,5,6). The molecular weight excluding hydrogens is 327 g/mol. The number of hydrogen-bond donors (Lipinski definition) is 2. The van der Waals surface area contributed by atoms with Gasteiger partial charge in [0, 0.05) is 38.8 Å². The van der Waals surface area contributed by atoms with Gasteiger partial charge in [-0.15, -0.1) is 0 Å². The van der Waals surface area contributed by atoms with E-state index in [1.54, 1.807) is 12.1 Å². The Morgan fingerprint density at radius 1 is 0.960 bits per heavy atom. The molecule has 1 aliphatic carbocycles. The van der Waals surface area contributed by atoms with Crippen LogP contribution in [-0.4, -0.2) is 64.2 Å². The van der Waals surface area contributed by atoms with Crippen LogP contribution in [0.2, 0.25) is 0 Å². The van der Waals surface area contributed by atoms with Crippen LogP contribution in [0, 0.1) is 5.82 Å². The lowest BCUT2D eigenvalue weighted by atomic mass is 10.1. The van der Waals surface area contributed by atoms with Crippen molar-refractivity contribution >= 4 is 11.9 Å². The zero-order valence-electron chi connectivity index (χ0n) is 14.2. The SMILES string of the molecule is Fc1ccc(CN2CCN(C3CCCC3)CC2)cc1.O=C(O)C(=O)O. The van der Waals surface area contributed by atoms with Gasteiger partial charge >= 0.3 is 11.9 Å². The van der Waals surface area contributed by atoms with Crippen LogP contribution in [0.15, 0.2) is 24.3 Å². The highest BCUT2D eigenvalue weighted by Gasteiger charge is 2.25. The number of carboxylic acid groups (broad SMARTS) is 2. The van der Waals surface area contributed by atoms with Crippen LogP contribution in [0.5, 0.6) is 0 Å². The quantitative estimate of drug-likeness (QED) is 0.811. The van der Waals surface area contributed by atoms with Crippen LogP contribution < -0.4 is 0 Å². The molecule has 6 nitrogen and oxygen atoms in total. The predicted octanol–water partition coefficient (Wildman–Crippen LogP) is 2.04. The highest BCUT2D eigenvalue weighted by atomic mass is 19.1. The first-order valence-electron chi connectivity index (χ1n) is 8.63. The molecule has 1 aliphatic heterocycles. The molecule has 0 unspecified atom stereocenters. The fourth-order valence-electron chi connectivity index (χ4n) is 3.40. The van der Waals surface area contributed by atoms with Crippen LogP contribution in [-0.2, 0) is 16.1 Å². The van der Waals surface area contributed by atoms with Crippen LogP contribution in [0.3, 0.4) is 0 Å². The van der Waals surface area contributed by atoms with E-state index in [9.17, 15) is 4.39 Å². The molecule has 0 aromatic heterocycles. The molecule has 1 aromatic carbocycles. The molecule has 3 rings (SSSR count). The van der Waals surface area contributed by atoms with Crippen LogP contribution >= 0.6 is 0 Å². The average molecular weight is 352 g/mol. The van der Waals surface area contributed by atoms with Crippen molar-refractivity contribution in [3.05, 3.63) is 35.6 Å². The van der Waals surface area contributed by atoms with Gasteiger partial charge in [-0.3, -0.25) is 9.80 Å². The molecule has 1 aromatic rings. The minimum Gasteiger partial charge on any atom is -0.473 e. The summed E-state index contributed by atoms with van der Waals surface area (Å²) >= 11 is 0. The molecule has 0 radical (unpaired) electrons. The largest absolute Gasteiger partial charge is 0.473 e. The van der Waals surface area contributed by atoms with Crippen molar-refractivity contribution in [1.82, 2.24) is 9.80 Å². The number of rotatable bonds is 3. The monoisotopic (exact) mass is 352 g/mol. The van der Waals surface area contributed by atoms with Gasteiger partial charge in [0.05, 0.1) is 0 Å². The Labute approximate surface area is 146 Å². The van der Waals surface area contributed by atoms with E-state index in [2.05, 4.69) is 9.80 Å². The van der Waals surface area contributed by atoms with Gasteiger partial charge in [0.1, 0.15) is 5.82 Å². The molecule has 2 aliphatic rings. The first-order valence-corrected chi connectivity index (χ1v) is 8.63. The summed E-state index contributed by atoms with van der Waals surface area (Å²) in [4.78, 5) is 23.4. The second kappa shape index (κ2) is 9.48. The molecule has 1 saturated carbocycles. The number of carbonyl (C=O) groups is 2. The number of benzene rings is 1. The Hall–Kier alpha value is -1.99. The minimum absolute atomic E-state index is 0.144. The number of piperazine rings is 1. The summed E-state index contributed by atoms with van der Waals surface area (Å²) in [6.07, 6.45) is 5.64. The maximum Gasteiger partial charge on any atom is 0.414 e. The predicted molar refractivity (Wildman–Crippen MR) is 90.8 cm³/mol. The van der Waals surface area contributed by atoms with Crippen LogP contribution in [0.1, 0.15) is 31.2 Å². The number of halogens is 1. The van der Waals surface area contributed by atoms with Crippen molar-refractivity contribution in [1.29, 1.82) is 0 Å². The van der Waals surface area contributed by atoms with Gasteiger partial charge in [0.15, 0.2) is 0 Å². The molecule has 0 atom stereocenters. The second-order valence-electron chi connectivity index (χ2n) is 6.49. The van der Waals surface area contributed by atoms with Gasteiger partial charge < -0.3 is 10.2 Å². The third-order valence-electron chi connectivity index (χ3n) is 4.75. The van der Waals surface area contributed by atoms with Crippen LogP contribution in [0.4, 0.5) is 4.39 Å². The van der Waals surface area contributed by atoms with Gasteiger partial charge in [0.25, 0.3) is 0 Å². The topological polar surface area (TPSA) is 81.1 Å². The summed E-state index contributed by atoms with van der Waals surface area (Å²) in [6, 6.07) is 7.78. The fraction of sp³-hybridized carbons (Fsp3) is 0.556. The fourth-order valence-corrected chi connectivity index (χ4v) is 3.40. The molecule has 2 fully saturated rings. The van der Waals surface area contributed by atoms with E-state index in [1.807, 2.05) is 12.1 Å². The molecule has 138 valence electrons. The van der Waals surface area contributed by atoms with Crippen molar-refractivity contribution in [3.8, 4) is 0 Å². The van der Waals surface area contributed by atoms with Gasteiger partial charge in [-0.1, -0.05) is 25.0 Å². The van der Waals surface area contributed by atoms with Crippen molar-refractivity contribution in [2.75, 3.05) is 26.2 Å². The van der Waals surface area contributed by atoms with Gasteiger partial charge in [-0.05, 0) is 30.5 Å². The molecule has 1 saturated heterocycles. The van der Waals surface area contributed by atoms with Crippen molar-refractivity contribution in [2.24, 2.45) is 0 Å². The summed E-state index contributed by atoms with van der Waals surface area (Å²) < 4.78 is 12.9. The lowest BCUT2D eigenvalue weighted by molar-refractivity contribution is -0.159. The number of carboxylic acids is 2. The Balaban J connectivity index is 0.000000326. The maximum atomic E-state index is 12.9. The summed E-state index contributed by atoms with van der Waals surface area (Å²) in [5, 5.41) is 14.8. The molecule has 1 heterocycles. The summed E-state index contributed by atoms with van der Waals surface area (Å²) in [5.41, 5.74) is 1.22. The van der Waals surface area contributed by atoms with E-state index in [4.69, 9.17) is 19.8 Å². The first-order chi connectivity index (χ1) is 12.0. The summed E-state index contributed by atoms with van der Waals surface area (Å²) in [5.74, 6) is -3.79. The highest BCUT2D eigenvalue weighted by molar-refractivity contribution is 6.27. The highest BCUT2D eigenvalue weighted by Crippen LogP contribution is 2.24. The van der Waals surface area contributed by atoms with Crippen LogP contribution in [0.25, 0.3) is 0 Å². The van der Waals surface area contributed by atoms with E-state index in [0.717, 1.165) is 25.7 Å². The number of nitrogens with zero attached hydrogens (tertiary/aromatic N) is 2. The Kier molecular flexibility index (Phi) is 7.33. The van der Waals surface area contributed by atoms with Gasteiger partial charge in [0.2, 0.25) is 0 Å². The summed E-state index contributed by atoms with van der Waals surface area (Å²) in [6.45, 7) is 5.65. The Morgan fingerprint density at radius 3 is 1.96 bits per heavy atom. The first kappa shape index (κ1) is 19.3. The van der Waals surface area contributed by atoms with Crippen molar-refractivity contribution in [2.45, 2.75) is 38.3 Å². The molecule has 2 N–H and O–H groups in total. The van der Waals surface area contributed by atoms with Gasteiger partial charge in [-0.25, -0.2) is 14.0 Å². The zero-order chi connectivity index (χ0) is 18.2. The Bertz CT molecular complexity index is 553. The Morgan fingerprint density at radius 2 is 1.48 bits per heavy atom. The zero-order valence-corrected chi connectivity index (χ0v) is 14.2. The smallest absolute Gasteiger partial charge is 0.414 e. The normalized spacial score (nSPS) is 19.2. The lowest BCUT2D eigenvalue weighted by Gasteiger charge is -2.38. The second-order valence-corrected chi connectivity index (χ2v) is 6.49. The number of aliphatic carboxylic acids is 2. The maximum absolute atomic E-state index is 12.9. The van der Waals surface area contributed by atoms with Crippen molar-refractivity contribution in [3.63, 3.8) is 0 Å². The van der Waals surface area contributed by atoms with E-state index in [0.29, 0.717) is 0 Å². The summed E-state index contributed by atoms with van der Waals surface area (Å²) in [7, 11) is 0. The third kappa shape index (κ3) is 6.43.